The minimum Gasteiger partial charge on any atom is -0.333 e. The van der Waals surface area contributed by atoms with Crippen molar-refractivity contribution in [1.82, 2.24) is 15.6 Å². The lowest BCUT2D eigenvalue weighted by Crippen LogP contribution is -2.34. The van der Waals surface area contributed by atoms with E-state index >= 15 is 0 Å². The van der Waals surface area contributed by atoms with E-state index in [1.54, 1.807) is 11.7 Å². The van der Waals surface area contributed by atoms with Crippen LogP contribution in [-0.2, 0) is 6.54 Å². The Labute approximate surface area is 80.4 Å². The van der Waals surface area contributed by atoms with Crippen molar-refractivity contribution in [2.75, 3.05) is 6.54 Å². The molecule has 68 valence electrons. The summed E-state index contributed by atoms with van der Waals surface area (Å²) < 4.78 is 0. The Morgan fingerprint density at radius 3 is 3.15 bits per heavy atom. The van der Waals surface area contributed by atoms with E-state index in [2.05, 4.69) is 21.5 Å². The number of aromatic nitrogens is 1. The molecule has 0 fully saturated rings. The highest BCUT2D eigenvalue weighted by Gasteiger charge is 1.98. The lowest BCUT2D eigenvalue weighted by molar-refractivity contribution is 0.242. The topological polar surface area (TPSA) is 54.0 Å². The minimum absolute atomic E-state index is 0.245. The van der Waals surface area contributed by atoms with Crippen LogP contribution in [0.2, 0.25) is 0 Å². The van der Waals surface area contributed by atoms with Gasteiger partial charge in [-0.15, -0.1) is 17.8 Å². The van der Waals surface area contributed by atoms with E-state index < -0.39 is 0 Å². The number of nitrogens with zero attached hydrogens (tertiary/aromatic N) is 1. The molecule has 0 aliphatic heterocycles. The third-order valence-corrected chi connectivity index (χ3v) is 2.04. The summed E-state index contributed by atoms with van der Waals surface area (Å²) in [4.78, 5) is 15.9. The van der Waals surface area contributed by atoms with Crippen molar-refractivity contribution in [3.8, 4) is 12.3 Å². The molecule has 0 aliphatic rings. The second-order valence-electron chi connectivity index (χ2n) is 2.21. The van der Waals surface area contributed by atoms with Crippen molar-refractivity contribution in [1.29, 1.82) is 0 Å². The van der Waals surface area contributed by atoms with Gasteiger partial charge in [-0.25, -0.2) is 4.79 Å². The molecule has 1 aromatic heterocycles. The lowest BCUT2D eigenvalue weighted by Gasteiger charge is -2.02. The number of nitrogens with one attached hydrogen (secondary N) is 2. The highest BCUT2D eigenvalue weighted by molar-refractivity contribution is 7.09. The molecule has 0 saturated carbocycles. The third kappa shape index (κ3) is 3.58. The van der Waals surface area contributed by atoms with Gasteiger partial charge in [-0.2, -0.15) is 0 Å². The van der Waals surface area contributed by atoms with Crippen molar-refractivity contribution in [3.05, 3.63) is 16.6 Å². The van der Waals surface area contributed by atoms with E-state index in [4.69, 9.17) is 6.42 Å². The number of thiazole rings is 1. The van der Waals surface area contributed by atoms with Gasteiger partial charge in [0.2, 0.25) is 0 Å². The molecule has 0 radical (unpaired) electrons. The summed E-state index contributed by atoms with van der Waals surface area (Å²) >= 11 is 1.49. The predicted octanol–water partition coefficient (Wildman–Crippen LogP) is 0.575. The van der Waals surface area contributed by atoms with Crippen LogP contribution in [0.15, 0.2) is 11.7 Å². The fourth-order valence-corrected chi connectivity index (χ4v) is 1.22. The zero-order valence-corrected chi connectivity index (χ0v) is 7.73. The summed E-state index contributed by atoms with van der Waals surface area (Å²) in [5.74, 6) is 2.31. The summed E-state index contributed by atoms with van der Waals surface area (Å²) in [6.07, 6.45) is 6.68. The molecule has 0 aromatic carbocycles. The average Bonchev–Trinajstić information content (AvgIpc) is 2.64. The van der Waals surface area contributed by atoms with Crippen LogP contribution in [0.4, 0.5) is 4.79 Å². The molecule has 1 heterocycles. The second-order valence-corrected chi connectivity index (χ2v) is 3.18. The summed E-state index contributed by atoms with van der Waals surface area (Å²) in [5.41, 5.74) is 1.72. The van der Waals surface area contributed by atoms with Gasteiger partial charge >= 0.3 is 6.03 Å². The van der Waals surface area contributed by atoms with Crippen LogP contribution in [0, 0.1) is 12.3 Å². The zero-order chi connectivity index (χ0) is 9.52. The molecule has 0 unspecified atom stereocenters. The first kappa shape index (κ1) is 9.55. The molecule has 1 rings (SSSR count). The summed E-state index contributed by atoms with van der Waals surface area (Å²) in [6, 6.07) is -0.258. The fraction of sp³-hybridized carbons (Fsp3) is 0.250. The Kier molecular flexibility index (Phi) is 3.79. The quantitative estimate of drug-likeness (QED) is 0.693. The highest BCUT2D eigenvalue weighted by atomic mass is 32.1. The van der Waals surface area contributed by atoms with Gasteiger partial charge < -0.3 is 10.6 Å². The van der Waals surface area contributed by atoms with E-state index in [1.165, 1.54) is 11.3 Å². The van der Waals surface area contributed by atoms with Crippen molar-refractivity contribution in [2.45, 2.75) is 6.54 Å². The van der Waals surface area contributed by atoms with Gasteiger partial charge in [0.05, 0.1) is 18.6 Å². The molecule has 0 bridgehead atoms. The molecule has 0 aliphatic carbocycles. The van der Waals surface area contributed by atoms with Crippen LogP contribution < -0.4 is 10.6 Å². The van der Waals surface area contributed by atoms with E-state index in [0.717, 1.165) is 4.88 Å². The molecule has 2 N–H and O–H groups in total. The minimum atomic E-state index is -0.258. The smallest absolute Gasteiger partial charge is 0.315 e. The van der Waals surface area contributed by atoms with Crippen LogP contribution in [0.3, 0.4) is 0 Å². The molecule has 0 atom stereocenters. The first-order chi connectivity index (χ1) is 6.33. The molecule has 5 heteroatoms. The maximum absolute atomic E-state index is 11.0. The molecular formula is C8H9N3OS. The molecule has 2 amide bonds. The average molecular weight is 195 g/mol. The standard InChI is InChI=1S/C8H9N3OS/c1-2-3-10-8(12)11-5-7-4-9-6-13-7/h1,4,6H,3,5H2,(H2,10,11,12). The lowest BCUT2D eigenvalue weighted by atomic mass is 10.5. The monoisotopic (exact) mass is 195 g/mol. The Balaban J connectivity index is 2.20. The number of hydrogen-bond donors (Lipinski definition) is 2. The van der Waals surface area contributed by atoms with Crippen molar-refractivity contribution in [2.24, 2.45) is 0 Å². The number of urea groups is 1. The van der Waals surface area contributed by atoms with E-state index in [0.29, 0.717) is 6.54 Å². The number of hydrogen-bond acceptors (Lipinski definition) is 3. The maximum atomic E-state index is 11.0. The molecule has 13 heavy (non-hydrogen) atoms. The van der Waals surface area contributed by atoms with Gasteiger partial charge in [-0.1, -0.05) is 5.92 Å². The first-order valence-corrected chi connectivity index (χ1v) is 4.53. The van der Waals surface area contributed by atoms with Crippen molar-refractivity contribution >= 4 is 17.4 Å². The van der Waals surface area contributed by atoms with Gasteiger partial charge in [0.15, 0.2) is 0 Å². The summed E-state index contributed by atoms with van der Waals surface area (Å²) in [5, 5.41) is 5.14. The fourth-order valence-electron chi connectivity index (χ4n) is 0.691. The van der Waals surface area contributed by atoms with Gasteiger partial charge in [0.1, 0.15) is 0 Å². The number of terminal acetylenes is 1. The van der Waals surface area contributed by atoms with Gasteiger partial charge in [-0.3, -0.25) is 4.98 Å². The van der Waals surface area contributed by atoms with Crippen LogP contribution in [-0.4, -0.2) is 17.6 Å². The van der Waals surface area contributed by atoms with Gasteiger partial charge in [-0.05, 0) is 0 Å². The Morgan fingerprint density at radius 1 is 1.69 bits per heavy atom. The van der Waals surface area contributed by atoms with E-state index in [9.17, 15) is 4.79 Å². The Morgan fingerprint density at radius 2 is 2.54 bits per heavy atom. The summed E-state index contributed by atoms with van der Waals surface area (Å²) in [6.45, 7) is 0.732. The Hall–Kier alpha value is -1.54. The van der Waals surface area contributed by atoms with E-state index in [-0.39, 0.29) is 12.6 Å². The van der Waals surface area contributed by atoms with Gasteiger partial charge in [0, 0.05) is 11.1 Å². The predicted molar refractivity (Wildman–Crippen MR) is 51.2 cm³/mol. The Bertz CT molecular complexity index is 302. The summed E-state index contributed by atoms with van der Waals surface area (Å²) in [7, 11) is 0. The third-order valence-electron chi connectivity index (χ3n) is 1.26. The van der Waals surface area contributed by atoms with E-state index in [1.807, 2.05) is 0 Å². The number of carbonyl (C=O) groups excluding carboxylic acids is 1. The molecule has 1 aromatic rings. The number of rotatable bonds is 3. The largest absolute Gasteiger partial charge is 0.333 e. The zero-order valence-electron chi connectivity index (χ0n) is 6.91. The molecular weight excluding hydrogens is 186 g/mol. The van der Waals surface area contributed by atoms with Crippen molar-refractivity contribution in [3.63, 3.8) is 0 Å². The number of carbonyl (C=O) groups is 1. The number of amides is 2. The molecule has 4 nitrogen and oxygen atoms in total. The first-order valence-electron chi connectivity index (χ1n) is 3.65. The van der Waals surface area contributed by atoms with Crippen LogP contribution in [0.25, 0.3) is 0 Å². The second kappa shape index (κ2) is 5.17. The highest BCUT2D eigenvalue weighted by Crippen LogP contribution is 2.03. The van der Waals surface area contributed by atoms with Crippen LogP contribution >= 0.6 is 11.3 Å². The molecule has 0 spiro atoms. The van der Waals surface area contributed by atoms with Crippen LogP contribution in [0.1, 0.15) is 4.88 Å². The van der Waals surface area contributed by atoms with Gasteiger partial charge in [0.25, 0.3) is 0 Å². The SMILES string of the molecule is C#CCNC(=O)NCc1cncs1. The normalized spacial score (nSPS) is 8.85. The van der Waals surface area contributed by atoms with Crippen molar-refractivity contribution < 1.29 is 4.79 Å². The maximum Gasteiger partial charge on any atom is 0.315 e. The molecule has 0 saturated heterocycles. The van der Waals surface area contributed by atoms with Crippen LogP contribution in [0.5, 0.6) is 0 Å².